The second kappa shape index (κ2) is 3.44. The number of esters is 1. The summed E-state index contributed by atoms with van der Waals surface area (Å²) in [5, 5.41) is 3.58. The molecule has 0 saturated carbocycles. The Labute approximate surface area is 74.2 Å². The van der Waals surface area contributed by atoms with Crippen LogP contribution in [-0.4, -0.2) is 21.9 Å². The third-order valence-corrected chi connectivity index (χ3v) is 1.53. The fraction of sp³-hybridized carbons (Fsp3) is 0.333. The first kappa shape index (κ1) is 8.86. The Hall–Kier alpha value is -1.23. The topological polar surface area (TPSA) is 70.1 Å². The van der Waals surface area contributed by atoms with E-state index in [1.54, 1.807) is 6.92 Å². The number of nitrogens with zero attached hydrogens (tertiary/aromatic N) is 2. The van der Waals surface area contributed by atoms with E-state index in [1.165, 1.54) is 6.20 Å². The van der Waals surface area contributed by atoms with Crippen LogP contribution in [0.3, 0.4) is 0 Å². The molecule has 0 spiro atoms. The number of halogens is 1. The molecule has 0 aromatic carbocycles. The minimum absolute atomic E-state index is 0.0927. The van der Waals surface area contributed by atoms with Crippen molar-refractivity contribution in [2.24, 2.45) is 0 Å². The number of hydrogen-bond donors (Lipinski definition) is 1. The normalized spacial score (nSPS) is 9.83. The molecular formula is C6H8ClN3O2. The van der Waals surface area contributed by atoms with E-state index in [-0.39, 0.29) is 11.4 Å². The van der Waals surface area contributed by atoms with Gasteiger partial charge in [-0.05, 0) is 6.92 Å². The number of aromatic nitrogens is 2. The molecule has 0 amide bonds. The lowest BCUT2D eigenvalue weighted by Gasteiger charge is -1.98. The average molecular weight is 190 g/mol. The monoisotopic (exact) mass is 189 g/mol. The van der Waals surface area contributed by atoms with Gasteiger partial charge in [0.05, 0.1) is 12.8 Å². The third kappa shape index (κ3) is 1.50. The fourth-order valence-corrected chi connectivity index (χ4v) is 0.837. The maximum absolute atomic E-state index is 11.1. The SMILES string of the molecule is CCOC(=O)c1cnn(Cl)c1N. The van der Waals surface area contributed by atoms with Gasteiger partial charge in [0.1, 0.15) is 5.56 Å². The van der Waals surface area contributed by atoms with E-state index in [9.17, 15) is 4.79 Å². The quantitative estimate of drug-likeness (QED) is 0.694. The summed E-state index contributed by atoms with van der Waals surface area (Å²) in [6.45, 7) is 2.00. The fourth-order valence-electron chi connectivity index (χ4n) is 0.702. The number of carbonyl (C=O) groups excluding carboxylic acids is 1. The molecule has 2 N–H and O–H groups in total. The zero-order chi connectivity index (χ0) is 9.14. The number of nitrogen functional groups attached to an aromatic ring is 1. The molecule has 66 valence electrons. The number of ether oxygens (including phenoxy) is 1. The van der Waals surface area contributed by atoms with Crippen molar-refractivity contribution in [2.75, 3.05) is 12.3 Å². The summed E-state index contributed by atoms with van der Waals surface area (Å²) in [5.41, 5.74) is 5.59. The van der Waals surface area contributed by atoms with E-state index in [0.717, 1.165) is 4.20 Å². The molecule has 0 aliphatic heterocycles. The van der Waals surface area contributed by atoms with Crippen LogP contribution in [0.4, 0.5) is 5.82 Å². The second-order valence-electron chi connectivity index (χ2n) is 2.02. The summed E-state index contributed by atoms with van der Waals surface area (Å²) in [6, 6.07) is 0. The molecule has 1 rings (SSSR count). The van der Waals surface area contributed by atoms with Crippen LogP contribution in [0.1, 0.15) is 17.3 Å². The molecule has 1 heterocycles. The third-order valence-electron chi connectivity index (χ3n) is 1.26. The van der Waals surface area contributed by atoms with Crippen LogP contribution in [0.2, 0.25) is 0 Å². The Kier molecular flexibility index (Phi) is 2.54. The van der Waals surface area contributed by atoms with Gasteiger partial charge in [0.25, 0.3) is 0 Å². The van der Waals surface area contributed by atoms with Crippen molar-refractivity contribution < 1.29 is 9.53 Å². The molecule has 1 aromatic rings. The van der Waals surface area contributed by atoms with Gasteiger partial charge < -0.3 is 10.5 Å². The van der Waals surface area contributed by atoms with Crippen molar-refractivity contribution in [3.63, 3.8) is 0 Å². The first-order valence-electron chi connectivity index (χ1n) is 3.33. The van der Waals surface area contributed by atoms with Crippen LogP contribution in [-0.2, 0) is 4.74 Å². The van der Waals surface area contributed by atoms with E-state index in [2.05, 4.69) is 5.10 Å². The Balaban J connectivity index is 2.88. The van der Waals surface area contributed by atoms with Gasteiger partial charge in [0.15, 0.2) is 5.82 Å². The molecule has 5 nitrogen and oxygen atoms in total. The summed E-state index contributed by atoms with van der Waals surface area (Å²) >= 11 is 5.45. The van der Waals surface area contributed by atoms with Crippen molar-refractivity contribution in [3.05, 3.63) is 11.8 Å². The molecule has 0 unspecified atom stereocenters. The molecule has 0 radical (unpaired) electrons. The van der Waals surface area contributed by atoms with Crippen LogP contribution in [0.15, 0.2) is 6.20 Å². The number of anilines is 1. The van der Waals surface area contributed by atoms with Crippen LogP contribution in [0.5, 0.6) is 0 Å². The van der Waals surface area contributed by atoms with Crippen LogP contribution in [0, 0.1) is 0 Å². The first-order chi connectivity index (χ1) is 5.66. The molecule has 0 aliphatic rings. The largest absolute Gasteiger partial charge is 0.462 e. The minimum Gasteiger partial charge on any atom is -0.462 e. The highest BCUT2D eigenvalue weighted by atomic mass is 35.5. The van der Waals surface area contributed by atoms with Crippen molar-refractivity contribution >= 4 is 23.6 Å². The van der Waals surface area contributed by atoms with Gasteiger partial charge in [-0.3, -0.25) is 0 Å². The molecule has 12 heavy (non-hydrogen) atoms. The molecule has 1 aromatic heterocycles. The second-order valence-corrected chi connectivity index (χ2v) is 2.34. The lowest BCUT2D eigenvalue weighted by atomic mass is 10.3. The predicted molar refractivity (Wildman–Crippen MR) is 43.8 cm³/mol. The van der Waals surface area contributed by atoms with Crippen molar-refractivity contribution in [3.8, 4) is 0 Å². The predicted octanol–water partition coefficient (Wildman–Crippen LogP) is 0.644. The summed E-state index contributed by atoms with van der Waals surface area (Å²) in [7, 11) is 0. The van der Waals surface area contributed by atoms with Gasteiger partial charge >= 0.3 is 5.97 Å². The number of nitrogens with two attached hydrogens (primary N) is 1. The summed E-state index contributed by atoms with van der Waals surface area (Å²) < 4.78 is 5.59. The Bertz CT molecular complexity index is 297. The zero-order valence-electron chi connectivity index (χ0n) is 6.45. The number of carbonyl (C=O) groups is 1. The highest BCUT2D eigenvalue weighted by Crippen LogP contribution is 2.12. The maximum Gasteiger partial charge on any atom is 0.343 e. The Morgan fingerprint density at radius 2 is 2.58 bits per heavy atom. The molecule has 0 fully saturated rings. The Morgan fingerprint density at radius 3 is 3.00 bits per heavy atom. The lowest BCUT2D eigenvalue weighted by Crippen LogP contribution is -2.06. The first-order valence-corrected chi connectivity index (χ1v) is 3.67. The highest BCUT2D eigenvalue weighted by molar-refractivity contribution is 6.17. The van der Waals surface area contributed by atoms with E-state index in [0.29, 0.717) is 6.61 Å². The van der Waals surface area contributed by atoms with Gasteiger partial charge in [-0.25, -0.2) is 4.79 Å². The van der Waals surface area contributed by atoms with E-state index < -0.39 is 5.97 Å². The summed E-state index contributed by atoms with van der Waals surface area (Å²) in [6.07, 6.45) is 1.26. The number of hydrogen-bond acceptors (Lipinski definition) is 4. The van der Waals surface area contributed by atoms with Gasteiger partial charge in [-0.1, -0.05) is 0 Å². The molecule has 0 aliphatic carbocycles. The van der Waals surface area contributed by atoms with Crippen molar-refractivity contribution in [1.82, 2.24) is 9.30 Å². The van der Waals surface area contributed by atoms with E-state index in [1.807, 2.05) is 0 Å². The summed E-state index contributed by atoms with van der Waals surface area (Å²) in [4.78, 5) is 11.1. The lowest BCUT2D eigenvalue weighted by molar-refractivity contribution is 0.0527. The average Bonchev–Trinajstić information content (AvgIpc) is 2.34. The van der Waals surface area contributed by atoms with E-state index in [4.69, 9.17) is 22.2 Å². The molecule has 0 atom stereocenters. The van der Waals surface area contributed by atoms with Crippen molar-refractivity contribution in [1.29, 1.82) is 0 Å². The maximum atomic E-state index is 11.1. The summed E-state index contributed by atoms with van der Waals surface area (Å²) in [5.74, 6) is -0.419. The van der Waals surface area contributed by atoms with Gasteiger partial charge in [-0.2, -0.15) is 9.30 Å². The van der Waals surface area contributed by atoms with Gasteiger partial charge in [-0.15, -0.1) is 0 Å². The molecule has 6 heteroatoms. The zero-order valence-corrected chi connectivity index (χ0v) is 7.21. The highest BCUT2D eigenvalue weighted by Gasteiger charge is 2.14. The Morgan fingerprint density at radius 1 is 1.92 bits per heavy atom. The van der Waals surface area contributed by atoms with Crippen LogP contribution >= 0.6 is 11.8 Å². The smallest absolute Gasteiger partial charge is 0.343 e. The molecular weight excluding hydrogens is 182 g/mol. The van der Waals surface area contributed by atoms with Crippen molar-refractivity contribution in [2.45, 2.75) is 6.92 Å². The molecule has 0 bridgehead atoms. The standard InChI is InChI=1S/C6H8ClN3O2/c1-2-12-6(11)4-3-9-10(7)5(4)8/h3H,2,8H2,1H3. The van der Waals surface area contributed by atoms with Gasteiger partial charge in [0.2, 0.25) is 0 Å². The minimum atomic E-state index is -0.512. The van der Waals surface area contributed by atoms with Crippen LogP contribution in [0.25, 0.3) is 0 Å². The molecule has 0 saturated heterocycles. The number of rotatable bonds is 2. The van der Waals surface area contributed by atoms with E-state index >= 15 is 0 Å². The van der Waals surface area contributed by atoms with Gasteiger partial charge in [0, 0.05) is 11.8 Å². The van der Waals surface area contributed by atoms with Crippen LogP contribution < -0.4 is 5.73 Å².